The predicted octanol–water partition coefficient (Wildman–Crippen LogP) is 3.19. The maximum Gasteiger partial charge on any atom is 0.416 e. The number of ether oxygens (including phenoxy) is 2. The van der Waals surface area contributed by atoms with Gasteiger partial charge in [0.2, 0.25) is 0 Å². The van der Waals surface area contributed by atoms with E-state index in [1.54, 1.807) is 24.3 Å². The zero-order chi connectivity index (χ0) is 19.2. The average molecular weight is 367 g/mol. The summed E-state index contributed by atoms with van der Waals surface area (Å²) in [4.78, 5) is 23.6. The van der Waals surface area contributed by atoms with Gasteiger partial charge >= 0.3 is 12.1 Å². The molecule has 26 heavy (non-hydrogen) atoms. The number of nitrogens with one attached hydrogen (secondary N) is 1. The summed E-state index contributed by atoms with van der Waals surface area (Å²) in [5.41, 5.74) is -0.516. The molecule has 0 saturated carbocycles. The van der Waals surface area contributed by atoms with E-state index in [9.17, 15) is 22.8 Å². The Balaban J connectivity index is 1.88. The largest absolute Gasteiger partial charge is 0.496 e. The summed E-state index contributed by atoms with van der Waals surface area (Å²) in [6, 6.07) is 10.8. The number of hydrogen-bond acceptors (Lipinski definition) is 4. The summed E-state index contributed by atoms with van der Waals surface area (Å²) in [5, 5.41) is 2.54. The lowest BCUT2D eigenvalue weighted by atomic mass is 10.1. The highest BCUT2D eigenvalue weighted by Crippen LogP contribution is 2.29. The van der Waals surface area contributed by atoms with Crippen molar-refractivity contribution in [2.45, 2.75) is 12.7 Å². The number of rotatable bonds is 6. The second-order valence-electron chi connectivity index (χ2n) is 5.24. The lowest BCUT2D eigenvalue weighted by Gasteiger charge is -2.10. The molecule has 0 atom stereocenters. The van der Waals surface area contributed by atoms with Gasteiger partial charge < -0.3 is 14.8 Å². The molecule has 2 aromatic carbocycles. The van der Waals surface area contributed by atoms with Crippen LogP contribution >= 0.6 is 0 Å². The van der Waals surface area contributed by atoms with Gasteiger partial charge in [-0.3, -0.25) is 4.79 Å². The molecule has 1 N–H and O–H groups in total. The second-order valence-corrected chi connectivity index (χ2v) is 5.24. The standard InChI is InChI=1S/C18H16F3NO4/c1-25-15-8-3-2-5-13(15)10-22-16(23)11-26-17(24)12-6-4-7-14(9-12)18(19,20)21/h2-9H,10-11H2,1H3,(H,22,23). The zero-order valence-corrected chi connectivity index (χ0v) is 13.8. The van der Waals surface area contributed by atoms with Crippen LogP contribution in [0.4, 0.5) is 13.2 Å². The van der Waals surface area contributed by atoms with Crippen molar-refractivity contribution in [3.05, 3.63) is 65.2 Å². The molecule has 0 fully saturated rings. The molecule has 8 heteroatoms. The van der Waals surface area contributed by atoms with Crippen LogP contribution in [0.3, 0.4) is 0 Å². The highest BCUT2D eigenvalue weighted by Gasteiger charge is 2.31. The zero-order valence-electron chi connectivity index (χ0n) is 13.8. The quantitative estimate of drug-likeness (QED) is 0.797. The van der Waals surface area contributed by atoms with E-state index >= 15 is 0 Å². The molecule has 0 heterocycles. The van der Waals surface area contributed by atoms with Crippen LogP contribution < -0.4 is 10.1 Å². The maximum absolute atomic E-state index is 12.6. The molecule has 0 aliphatic carbocycles. The van der Waals surface area contributed by atoms with Crippen LogP contribution in [0, 0.1) is 0 Å². The minimum Gasteiger partial charge on any atom is -0.496 e. The Hall–Kier alpha value is -3.03. The fraction of sp³-hybridized carbons (Fsp3) is 0.222. The van der Waals surface area contributed by atoms with Crippen LogP contribution in [0.5, 0.6) is 5.75 Å². The number of hydrogen-bond donors (Lipinski definition) is 1. The van der Waals surface area contributed by atoms with Gasteiger partial charge in [0.15, 0.2) is 6.61 Å². The smallest absolute Gasteiger partial charge is 0.416 e. The Morgan fingerprint density at radius 2 is 1.81 bits per heavy atom. The molecule has 0 bridgehead atoms. The topological polar surface area (TPSA) is 64.6 Å². The Kier molecular flexibility index (Phi) is 6.21. The fourth-order valence-corrected chi connectivity index (χ4v) is 2.13. The number of amides is 1. The Morgan fingerprint density at radius 1 is 1.08 bits per heavy atom. The van der Waals surface area contributed by atoms with Gasteiger partial charge in [-0.2, -0.15) is 13.2 Å². The normalized spacial score (nSPS) is 10.9. The molecule has 0 saturated heterocycles. The number of halogens is 3. The van der Waals surface area contributed by atoms with E-state index < -0.39 is 30.2 Å². The second kappa shape index (κ2) is 8.37. The van der Waals surface area contributed by atoms with E-state index in [-0.39, 0.29) is 12.1 Å². The summed E-state index contributed by atoms with van der Waals surface area (Å²) < 4.78 is 47.8. The molecule has 2 rings (SSSR count). The minimum absolute atomic E-state index is 0.157. The fourth-order valence-electron chi connectivity index (χ4n) is 2.13. The van der Waals surface area contributed by atoms with E-state index in [0.29, 0.717) is 11.8 Å². The third-order valence-electron chi connectivity index (χ3n) is 3.43. The Morgan fingerprint density at radius 3 is 2.50 bits per heavy atom. The van der Waals surface area contributed by atoms with Crippen molar-refractivity contribution >= 4 is 11.9 Å². The molecule has 0 spiro atoms. The van der Waals surface area contributed by atoms with Crippen molar-refractivity contribution in [1.82, 2.24) is 5.32 Å². The van der Waals surface area contributed by atoms with E-state index in [1.165, 1.54) is 13.2 Å². The number of alkyl halides is 3. The minimum atomic E-state index is -4.57. The summed E-state index contributed by atoms with van der Waals surface area (Å²) >= 11 is 0. The molecule has 0 radical (unpaired) electrons. The lowest BCUT2D eigenvalue weighted by Crippen LogP contribution is -2.28. The first-order valence-corrected chi connectivity index (χ1v) is 7.54. The number of carbonyl (C=O) groups excluding carboxylic acids is 2. The van der Waals surface area contributed by atoms with Gasteiger partial charge in [0.1, 0.15) is 5.75 Å². The molecule has 0 aliphatic rings. The maximum atomic E-state index is 12.6. The van der Waals surface area contributed by atoms with E-state index in [0.717, 1.165) is 17.7 Å². The van der Waals surface area contributed by atoms with Gasteiger partial charge in [-0.05, 0) is 24.3 Å². The SMILES string of the molecule is COc1ccccc1CNC(=O)COC(=O)c1cccc(C(F)(F)F)c1. The van der Waals surface area contributed by atoms with Gasteiger partial charge in [-0.15, -0.1) is 0 Å². The molecule has 1 amide bonds. The van der Waals surface area contributed by atoms with E-state index in [1.807, 2.05) is 0 Å². The Bertz CT molecular complexity index is 790. The van der Waals surface area contributed by atoms with Crippen LogP contribution in [0.2, 0.25) is 0 Å². The first-order valence-electron chi connectivity index (χ1n) is 7.54. The third-order valence-corrected chi connectivity index (χ3v) is 3.43. The number of esters is 1. The molecule has 0 unspecified atom stereocenters. The van der Waals surface area contributed by atoms with Gasteiger partial charge in [-0.25, -0.2) is 4.79 Å². The third kappa shape index (κ3) is 5.23. The van der Waals surface area contributed by atoms with Crippen molar-refractivity contribution in [2.75, 3.05) is 13.7 Å². The van der Waals surface area contributed by atoms with Crippen LogP contribution in [-0.4, -0.2) is 25.6 Å². The molecular formula is C18H16F3NO4. The first-order chi connectivity index (χ1) is 12.3. The van der Waals surface area contributed by atoms with Gasteiger partial charge in [0.05, 0.1) is 18.2 Å². The van der Waals surface area contributed by atoms with Crippen molar-refractivity contribution in [3.8, 4) is 5.75 Å². The van der Waals surface area contributed by atoms with Gasteiger partial charge in [0.25, 0.3) is 5.91 Å². The van der Waals surface area contributed by atoms with Crippen molar-refractivity contribution < 1.29 is 32.2 Å². The number of carbonyl (C=O) groups is 2. The molecule has 0 aromatic heterocycles. The van der Waals surface area contributed by atoms with Crippen molar-refractivity contribution in [3.63, 3.8) is 0 Å². The van der Waals surface area contributed by atoms with Crippen LogP contribution in [-0.2, 0) is 22.3 Å². The summed E-state index contributed by atoms with van der Waals surface area (Å²) in [5.74, 6) is -1.01. The summed E-state index contributed by atoms with van der Waals surface area (Å²) in [7, 11) is 1.50. The molecule has 2 aromatic rings. The van der Waals surface area contributed by atoms with Crippen molar-refractivity contribution in [2.24, 2.45) is 0 Å². The monoisotopic (exact) mass is 367 g/mol. The molecule has 138 valence electrons. The number of benzene rings is 2. The predicted molar refractivity (Wildman–Crippen MR) is 86.6 cm³/mol. The van der Waals surface area contributed by atoms with Gasteiger partial charge in [0, 0.05) is 12.1 Å². The van der Waals surface area contributed by atoms with Gasteiger partial charge in [-0.1, -0.05) is 24.3 Å². The number of methoxy groups -OCH3 is 1. The van der Waals surface area contributed by atoms with Crippen LogP contribution in [0.25, 0.3) is 0 Å². The summed E-state index contributed by atoms with van der Waals surface area (Å²) in [6.07, 6.45) is -4.57. The average Bonchev–Trinajstić information content (AvgIpc) is 2.64. The molecule has 0 aliphatic heterocycles. The highest BCUT2D eigenvalue weighted by atomic mass is 19.4. The highest BCUT2D eigenvalue weighted by molar-refractivity contribution is 5.91. The van der Waals surface area contributed by atoms with E-state index in [4.69, 9.17) is 9.47 Å². The lowest BCUT2D eigenvalue weighted by molar-refractivity contribution is -0.137. The van der Waals surface area contributed by atoms with Crippen LogP contribution in [0.15, 0.2) is 48.5 Å². The van der Waals surface area contributed by atoms with Crippen molar-refractivity contribution in [1.29, 1.82) is 0 Å². The molecule has 5 nitrogen and oxygen atoms in total. The Labute approximate surface area is 147 Å². The summed E-state index contributed by atoms with van der Waals surface area (Å²) in [6.45, 7) is -0.450. The van der Waals surface area contributed by atoms with E-state index in [2.05, 4.69) is 5.32 Å². The number of para-hydroxylation sites is 1. The van der Waals surface area contributed by atoms with Crippen LogP contribution in [0.1, 0.15) is 21.5 Å². The first kappa shape index (κ1) is 19.3. The molecular weight excluding hydrogens is 351 g/mol.